The number of hydrogen-bond donors (Lipinski definition) is 1. The maximum atomic E-state index is 13.1. The Morgan fingerprint density at radius 1 is 1.13 bits per heavy atom. The Morgan fingerprint density at radius 2 is 1.87 bits per heavy atom. The lowest BCUT2D eigenvalue weighted by atomic mass is 9.96. The van der Waals surface area contributed by atoms with Gasteiger partial charge in [0.1, 0.15) is 0 Å². The van der Waals surface area contributed by atoms with Crippen molar-refractivity contribution in [3.8, 4) is 0 Å². The van der Waals surface area contributed by atoms with Crippen LogP contribution in [0, 0.1) is 11.6 Å². The van der Waals surface area contributed by atoms with Crippen molar-refractivity contribution >= 4 is 17.7 Å². The number of nitrogens with one attached hydrogen (secondary N) is 1. The summed E-state index contributed by atoms with van der Waals surface area (Å²) >= 11 is 1.19. The molecular weight excluding hydrogens is 316 g/mol. The summed E-state index contributed by atoms with van der Waals surface area (Å²) in [6.45, 7) is 2.65. The normalized spacial score (nSPS) is 12.0. The van der Waals surface area contributed by atoms with E-state index in [1.165, 1.54) is 23.4 Å². The predicted molar refractivity (Wildman–Crippen MR) is 89.6 cm³/mol. The number of carbonyl (C=O) groups is 1. The molecule has 0 saturated carbocycles. The average Bonchev–Trinajstić information content (AvgIpc) is 2.57. The summed E-state index contributed by atoms with van der Waals surface area (Å²) in [5.74, 6) is -1.45. The largest absolute Gasteiger partial charge is 0.355 e. The van der Waals surface area contributed by atoms with Crippen molar-refractivity contribution in [2.75, 3.05) is 12.3 Å². The molecule has 0 fully saturated rings. The highest BCUT2D eigenvalue weighted by atomic mass is 32.2. The van der Waals surface area contributed by atoms with E-state index in [0.717, 1.165) is 18.6 Å². The summed E-state index contributed by atoms with van der Waals surface area (Å²) in [7, 11) is 0. The van der Waals surface area contributed by atoms with Crippen molar-refractivity contribution in [2.24, 2.45) is 0 Å². The maximum Gasteiger partial charge on any atom is 0.230 e. The van der Waals surface area contributed by atoms with Gasteiger partial charge in [0.05, 0.1) is 5.75 Å². The van der Waals surface area contributed by atoms with E-state index in [1.54, 1.807) is 0 Å². The van der Waals surface area contributed by atoms with Gasteiger partial charge in [-0.1, -0.05) is 37.3 Å². The SMILES string of the molecule is CCC(CNC(=O)CSc1ccc(F)c(F)c1)c1ccccc1. The van der Waals surface area contributed by atoms with Crippen molar-refractivity contribution in [1.82, 2.24) is 5.32 Å². The molecule has 1 atom stereocenters. The second-order valence-electron chi connectivity index (χ2n) is 5.18. The Balaban J connectivity index is 1.81. The molecule has 2 aromatic carbocycles. The molecule has 1 N–H and O–H groups in total. The lowest BCUT2D eigenvalue weighted by molar-refractivity contribution is -0.118. The third-order valence-electron chi connectivity index (χ3n) is 3.57. The summed E-state index contributed by atoms with van der Waals surface area (Å²) in [6.07, 6.45) is 0.931. The first-order chi connectivity index (χ1) is 11.1. The fourth-order valence-corrected chi connectivity index (χ4v) is 2.98. The van der Waals surface area contributed by atoms with Crippen LogP contribution in [-0.4, -0.2) is 18.2 Å². The second-order valence-corrected chi connectivity index (χ2v) is 6.23. The van der Waals surface area contributed by atoms with Gasteiger partial charge in [-0.2, -0.15) is 0 Å². The van der Waals surface area contributed by atoms with E-state index in [-0.39, 0.29) is 17.6 Å². The van der Waals surface area contributed by atoms with E-state index in [2.05, 4.69) is 24.4 Å². The van der Waals surface area contributed by atoms with Crippen LogP contribution in [0.3, 0.4) is 0 Å². The Labute approximate surface area is 139 Å². The van der Waals surface area contributed by atoms with Crippen LogP contribution in [0.4, 0.5) is 8.78 Å². The molecule has 0 saturated heterocycles. The van der Waals surface area contributed by atoms with Crippen LogP contribution in [0.25, 0.3) is 0 Å². The third kappa shape index (κ3) is 5.36. The topological polar surface area (TPSA) is 29.1 Å². The molecule has 0 bridgehead atoms. The molecule has 2 aromatic rings. The molecule has 0 spiro atoms. The zero-order valence-electron chi connectivity index (χ0n) is 12.9. The van der Waals surface area contributed by atoms with Crippen LogP contribution < -0.4 is 5.32 Å². The summed E-state index contributed by atoms with van der Waals surface area (Å²) in [4.78, 5) is 12.5. The van der Waals surface area contributed by atoms with Crippen molar-refractivity contribution in [3.63, 3.8) is 0 Å². The second kappa shape index (κ2) is 8.67. The Bertz CT molecular complexity index is 649. The zero-order valence-corrected chi connectivity index (χ0v) is 13.7. The summed E-state index contributed by atoms with van der Waals surface area (Å²) in [6, 6.07) is 13.7. The molecule has 0 heterocycles. The first-order valence-electron chi connectivity index (χ1n) is 7.49. The molecule has 2 rings (SSSR count). The fraction of sp³-hybridized carbons (Fsp3) is 0.278. The van der Waals surface area contributed by atoms with Crippen LogP contribution in [0.5, 0.6) is 0 Å². The van der Waals surface area contributed by atoms with Crippen molar-refractivity contribution in [3.05, 3.63) is 65.7 Å². The standard InChI is InChI=1S/C18H19F2NOS/c1-2-13(14-6-4-3-5-7-14)11-21-18(22)12-23-15-8-9-16(19)17(20)10-15/h3-10,13H,2,11-12H2,1H3,(H,21,22). The van der Waals surface area contributed by atoms with Crippen LogP contribution in [0.2, 0.25) is 0 Å². The van der Waals surface area contributed by atoms with Gasteiger partial charge >= 0.3 is 0 Å². The molecule has 23 heavy (non-hydrogen) atoms. The van der Waals surface area contributed by atoms with Crippen LogP contribution in [0.1, 0.15) is 24.8 Å². The quantitative estimate of drug-likeness (QED) is 0.762. The van der Waals surface area contributed by atoms with Gasteiger partial charge in [0.25, 0.3) is 0 Å². The molecule has 2 nitrogen and oxygen atoms in total. The fourth-order valence-electron chi connectivity index (χ4n) is 2.23. The number of benzene rings is 2. The van der Waals surface area contributed by atoms with Gasteiger partial charge in [-0.3, -0.25) is 4.79 Å². The van der Waals surface area contributed by atoms with Crippen molar-refractivity contribution < 1.29 is 13.6 Å². The number of halogens is 2. The zero-order chi connectivity index (χ0) is 16.7. The van der Waals surface area contributed by atoms with Crippen LogP contribution in [-0.2, 0) is 4.79 Å². The van der Waals surface area contributed by atoms with E-state index in [1.807, 2.05) is 18.2 Å². The molecule has 0 aliphatic heterocycles. The van der Waals surface area contributed by atoms with E-state index >= 15 is 0 Å². The smallest absolute Gasteiger partial charge is 0.230 e. The predicted octanol–water partition coefficient (Wildman–Crippen LogP) is 4.37. The maximum absolute atomic E-state index is 13.1. The Morgan fingerprint density at radius 3 is 2.52 bits per heavy atom. The Hall–Kier alpha value is -1.88. The lowest BCUT2D eigenvalue weighted by Crippen LogP contribution is -2.29. The van der Waals surface area contributed by atoms with Crippen molar-refractivity contribution in [1.29, 1.82) is 0 Å². The molecule has 1 unspecified atom stereocenters. The number of rotatable bonds is 7. The highest BCUT2D eigenvalue weighted by Gasteiger charge is 2.11. The summed E-state index contributed by atoms with van der Waals surface area (Å²) < 4.78 is 25.9. The molecule has 5 heteroatoms. The van der Waals surface area contributed by atoms with Gasteiger partial charge in [0.15, 0.2) is 11.6 Å². The van der Waals surface area contributed by atoms with E-state index in [4.69, 9.17) is 0 Å². The van der Waals surface area contributed by atoms with Crippen molar-refractivity contribution in [2.45, 2.75) is 24.2 Å². The molecule has 0 aliphatic rings. The minimum atomic E-state index is -0.898. The summed E-state index contributed by atoms with van der Waals surface area (Å²) in [5, 5.41) is 2.90. The lowest BCUT2D eigenvalue weighted by Gasteiger charge is -2.16. The number of hydrogen-bond acceptors (Lipinski definition) is 2. The Kier molecular flexibility index (Phi) is 6.59. The molecular formula is C18H19F2NOS. The average molecular weight is 335 g/mol. The van der Waals surface area contributed by atoms with Gasteiger partial charge in [0.2, 0.25) is 5.91 Å². The van der Waals surface area contributed by atoms with Crippen LogP contribution >= 0.6 is 11.8 Å². The van der Waals surface area contributed by atoms with Gasteiger partial charge in [-0.15, -0.1) is 11.8 Å². The van der Waals surface area contributed by atoms with E-state index in [0.29, 0.717) is 11.4 Å². The van der Waals surface area contributed by atoms with Gasteiger partial charge in [-0.05, 0) is 30.2 Å². The van der Waals surface area contributed by atoms with E-state index in [9.17, 15) is 13.6 Å². The highest BCUT2D eigenvalue weighted by molar-refractivity contribution is 8.00. The minimum Gasteiger partial charge on any atom is -0.355 e. The molecule has 0 aliphatic carbocycles. The molecule has 122 valence electrons. The van der Waals surface area contributed by atoms with Crippen LogP contribution in [0.15, 0.2) is 53.4 Å². The van der Waals surface area contributed by atoms with Gasteiger partial charge in [0, 0.05) is 17.4 Å². The van der Waals surface area contributed by atoms with Gasteiger partial charge in [-0.25, -0.2) is 8.78 Å². The first-order valence-corrected chi connectivity index (χ1v) is 8.48. The molecule has 1 amide bonds. The van der Waals surface area contributed by atoms with E-state index < -0.39 is 11.6 Å². The monoisotopic (exact) mass is 335 g/mol. The summed E-state index contributed by atoms with van der Waals surface area (Å²) in [5.41, 5.74) is 1.20. The molecule has 0 radical (unpaired) electrons. The number of carbonyl (C=O) groups excluding carboxylic acids is 1. The minimum absolute atomic E-state index is 0.117. The first kappa shape index (κ1) is 17.5. The highest BCUT2D eigenvalue weighted by Crippen LogP contribution is 2.21. The molecule has 0 aromatic heterocycles. The van der Waals surface area contributed by atoms with Gasteiger partial charge < -0.3 is 5.32 Å². The number of amides is 1. The third-order valence-corrected chi connectivity index (χ3v) is 4.56. The number of thioether (sulfide) groups is 1.